The Bertz CT molecular complexity index is 1030. The van der Waals surface area contributed by atoms with Crippen molar-refractivity contribution < 1.29 is 18.3 Å². The van der Waals surface area contributed by atoms with E-state index in [-0.39, 0.29) is 10.6 Å². The lowest BCUT2D eigenvalue weighted by Gasteiger charge is -2.11. The van der Waals surface area contributed by atoms with Crippen LogP contribution < -0.4 is 9.45 Å². The van der Waals surface area contributed by atoms with Gasteiger partial charge in [-0.3, -0.25) is 4.72 Å². The van der Waals surface area contributed by atoms with Gasteiger partial charge in [-0.25, -0.2) is 8.42 Å². The predicted octanol–water partition coefficient (Wildman–Crippen LogP) is 3.00. The van der Waals surface area contributed by atoms with Crippen LogP contribution in [-0.4, -0.2) is 13.5 Å². The molecule has 0 spiro atoms. The van der Waals surface area contributed by atoms with Gasteiger partial charge in [0.05, 0.1) is 10.6 Å². The molecule has 0 aliphatic heterocycles. The molecule has 0 radical (unpaired) electrons. The highest BCUT2D eigenvalue weighted by Crippen LogP contribution is 2.23. The molecule has 0 fully saturated rings. The van der Waals surface area contributed by atoms with Crippen LogP contribution in [0, 0.1) is 5.21 Å². The van der Waals surface area contributed by atoms with Crippen LogP contribution in [0.15, 0.2) is 78.0 Å². The molecule has 2 aromatic carbocycles. The number of nitrogens with zero attached hydrogens (tertiary/aromatic N) is 1. The molecule has 0 aliphatic rings. The monoisotopic (exact) mass is 368 g/mol. The summed E-state index contributed by atoms with van der Waals surface area (Å²) in [5.74, 6) is -0.00505. The second-order valence-electron chi connectivity index (χ2n) is 5.51. The summed E-state index contributed by atoms with van der Waals surface area (Å²) < 4.78 is 28.3. The summed E-state index contributed by atoms with van der Waals surface area (Å²) in [5.41, 5.74) is 1.91. The van der Waals surface area contributed by atoms with Crippen molar-refractivity contribution in [2.24, 2.45) is 0 Å². The Morgan fingerprint density at radius 2 is 1.58 bits per heavy atom. The number of phenols is 1. The van der Waals surface area contributed by atoms with Gasteiger partial charge in [-0.15, -0.1) is 0 Å². The lowest BCUT2D eigenvalue weighted by molar-refractivity contribution is -0.605. The van der Waals surface area contributed by atoms with Crippen LogP contribution in [0.1, 0.15) is 11.1 Å². The van der Waals surface area contributed by atoms with Crippen LogP contribution in [0.25, 0.3) is 12.2 Å². The van der Waals surface area contributed by atoms with Crippen molar-refractivity contribution in [2.45, 2.75) is 4.90 Å². The normalized spacial score (nSPS) is 11.5. The van der Waals surface area contributed by atoms with Crippen molar-refractivity contribution in [3.05, 3.63) is 89.4 Å². The molecule has 0 unspecified atom stereocenters. The molecule has 3 rings (SSSR count). The summed E-state index contributed by atoms with van der Waals surface area (Å²) in [6.07, 6.45) is 6.32. The van der Waals surface area contributed by atoms with Gasteiger partial charge in [0.2, 0.25) is 0 Å². The Morgan fingerprint density at radius 1 is 0.923 bits per heavy atom. The van der Waals surface area contributed by atoms with Gasteiger partial charge in [0.1, 0.15) is 5.75 Å². The first-order chi connectivity index (χ1) is 12.4. The molecular weight excluding hydrogens is 352 g/mol. The van der Waals surface area contributed by atoms with Gasteiger partial charge in [-0.2, -0.15) is 4.73 Å². The van der Waals surface area contributed by atoms with Crippen LogP contribution in [-0.2, 0) is 10.0 Å². The molecule has 1 heterocycles. The molecule has 0 aliphatic carbocycles. The molecule has 1 aromatic heterocycles. The van der Waals surface area contributed by atoms with Crippen LogP contribution in [0.5, 0.6) is 5.75 Å². The maximum atomic E-state index is 12.5. The van der Waals surface area contributed by atoms with E-state index in [0.29, 0.717) is 16.0 Å². The van der Waals surface area contributed by atoms with Gasteiger partial charge in [0.25, 0.3) is 10.0 Å². The number of hydrogen-bond acceptors (Lipinski definition) is 4. The fourth-order valence-electron chi connectivity index (χ4n) is 2.29. The SMILES string of the molecule is O=S(=O)(Nc1ccccc1C=Cc1cc[n+]([O-])cc1)c1ccc(O)cc1. The van der Waals surface area contributed by atoms with Crippen molar-refractivity contribution in [1.82, 2.24) is 0 Å². The minimum Gasteiger partial charge on any atom is -0.619 e. The molecule has 0 bridgehead atoms. The summed E-state index contributed by atoms with van der Waals surface area (Å²) in [5, 5.41) is 20.4. The van der Waals surface area contributed by atoms with Gasteiger partial charge < -0.3 is 10.3 Å². The van der Waals surface area contributed by atoms with Crippen LogP contribution in [0.2, 0.25) is 0 Å². The number of aromatic nitrogens is 1. The molecule has 0 amide bonds. The Balaban J connectivity index is 1.87. The summed E-state index contributed by atoms with van der Waals surface area (Å²) in [6.45, 7) is 0. The van der Waals surface area contributed by atoms with E-state index in [9.17, 15) is 18.7 Å². The zero-order valence-corrected chi connectivity index (χ0v) is 14.4. The number of benzene rings is 2. The highest BCUT2D eigenvalue weighted by Gasteiger charge is 2.15. The maximum Gasteiger partial charge on any atom is 0.261 e. The van der Waals surface area contributed by atoms with Crippen LogP contribution >= 0.6 is 0 Å². The highest BCUT2D eigenvalue weighted by atomic mass is 32.2. The smallest absolute Gasteiger partial charge is 0.261 e. The van der Waals surface area contributed by atoms with E-state index in [0.717, 1.165) is 5.56 Å². The Kier molecular flexibility index (Phi) is 4.90. The quantitative estimate of drug-likeness (QED) is 0.535. The van der Waals surface area contributed by atoms with E-state index in [1.807, 2.05) is 0 Å². The van der Waals surface area contributed by atoms with Gasteiger partial charge >= 0.3 is 0 Å². The van der Waals surface area contributed by atoms with Crippen molar-refractivity contribution in [3.63, 3.8) is 0 Å². The molecule has 26 heavy (non-hydrogen) atoms. The summed E-state index contributed by atoms with van der Waals surface area (Å²) in [6, 6.07) is 15.6. The second-order valence-corrected chi connectivity index (χ2v) is 7.19. The van der Waals surface area contributed by atoms with E-state index < -0.39 is 10.0 Å². The predicted molar refractivity (Wildman–Crippen MR) is 99.7 cm³/mol. The highest BCUT2D eigenvalue weighted by molar-refractivity contribution is 7.92. The van der Waals surface area contributed by atoms with E-state index in [2.05, 4.69) is 4.72 Å². The fraction of sp³-hybridized carbons (Fsp3) is 0. The van der Waals surface area contributed by atoms with Crippen molar-refractivity contribution >= 4 is 27.9 Å². The number of rotatable bonds is 5. The molecule has 3 aromatic rings. The Hall–Kier alpha value is -3.32. The molecule has 6 nitrogen and oxygen atoms in total. The average molecular weight is 368 g/mol. The summed E-state index contributed by atoms with van der Waals surface area (Å²) >= 11 is 0. The van der Waals surface area contributed by atoms with Crippen molar-refractivity contribution in [3.8, 4) is 5.75 Å². The first-order valence-electron chi connectivity index (χ1n) is 7.72. The number of pyridine rings is 1. The Labute approximate surface area is 151 Å². The molecule has 0 saturated carbocycles. The van der Waals surface area contributed by atoms with E-state index >= 15 is 0 Å². The number of sulfonamides is 1. The van der Waals surface area contributed by atoms with Gasteiger partial charge in [-0.1, -0.05) is 30.4 Å². The minimum atomic E-state index is -3.78. The third-order valence-electron chi connectivity index (χ3n) is 3.64. The number of nitrogens with one attached hydrogen (secondary N) is 1. The maximum absolute atomic E-state index is 12.5. The lowest BCUT2D eigenvalue weighted by Crippen LogP contribution is -2.23. The van der Waals surface area contributed by atoms with Gasteiger partial charge in [0, 0.05) is 12.1 Å². The first-order valence-corrected chi connectivity index (χ1v) is 9.20. The molecular formula is C19H16N2O4S. The molecule has 7 heteroatoms. The number of hydrogen-bond donors (Lipinski definition) is 2. The van der Waals surface area contributed by atoms with E-state index in [4.69, 9.17) is 0 Å². The Morgan fingerprint density at radius 3 is 2.27 bits per heavy atom. The fourth-order valence-corrected chi connectivity index (χ4v) is 3.37. The molecule has 132 valence electrons. The third-order valence-corrected chi connectivity index (χ3v) is 5.02. The number of phenolic OH excluding ortho intramolecular Hbond substituents is 1. The number of para-hydroxylation sites is 1. The number of aromatic hydroxyl groups is 1. The minimum absolute atomic E-state index is 0.00505. The summed E-state index contributed by atoms with van der Waals surface area (Å²) in [4.78, 5) is 0.0529. The molecule has 2 N–H and O–H groups in total. The zero-order valence-electron chi connectivity index (χ0n) is 13.6. The standard InChI is InChI=1S/C19H16N2O4S/c22-17-7-9-18(10-8-17)26(24,25)20-19-4-2-1-3-16(19)6-5-15-11-13-21(23)14-12-15/h1-14,20,22H. The van der Waals surface area contributed by atoms with E-state index in [1.54, 1.807) is 48.6 Å². The topological polar surface area (TPSA) is 93.3 Å². The molecule has 0 atom stereocenters. The van der Waals surface area contributed by atoms with Gasteiger partial charge in [-0.05, 0) is 41.5 Å². The van der Waals surface area contributed by atoms with Crippen LogP contribution in [0.3, 0.4) is 0 Å². The largest absolute Gasteiger partial charge is 0.619 e. The van der Waals surface area contributed by atoms with Crippen LogP contribution in [0.4, 0.5) is 5.69 Å². The first kappa shape index (κ1) is 17.5. The van der Waals surface area contributed by atoms with Gasteiger partial charge in [0.15, 0.2) is 12.4 Å². The second kappa shape index (κ2) is 7.28. The zero-order chi connectivity index (χ0) is 18.6. The third kappa shape index (κ3) is 4.20. The van der Waals surface area contributed by atoms with E-state index in [1.165, 1.54) is 36.7 Å². The molecule has 0 saturated heterocycles. The van der Waals surface area contributed by atoms with Crippen molar-refractivity contribution in [1.29, 1.82) is 0 Å². The summed E-state index contributed by atoms with van der Waals surface area (Å²) in [7, 11) is -3.78. The van der Waals surface area contributed by atoms with Crippen molar-refractivity contribution in [2.75, 3.05) is 4.72 Å². The lowest BCUT2D eigenvalue weighted by atomic mass is 10.1. The average Bonchev–Trinajstić information content (AvgIpc) is 2.62. The number of anilines is 1.